The van der Waals surface area contributed by atoms with E-state index in [-0.39, 0.29) is 29.9 Å². The first kappa shape index (κ1) is 15.6. The topological polar surface area (TPSA) is 66.8 Å². The second-order valence-corrected chi connectivity index (χ2v) is 5.61. The van der Waals surface area contributed by atoms with E-state index in [4.69, 9.17) is 16.3 Å². The number of hydrogen-bond acceptors (Lipinski definition) is 4. The molecule has 1 heterocycles. The number of esters is 1. The molecule has 1 aliphatic heterocycles. The van der Waals surface area contributed by atoms with Gasteiger partial charge in [-0.3, -0.25) is 4.79 Å². The number of aromatic hydroxyl groups is 1. The summed E-state index contributed by atoms with van der Waals surface area (Å²) in [5, 5.41) is 9.96. The van der Waals surface area contributed by atoms with Crippen LogP contribution in [0.25, 0.3) is 0 Å². The zero-order valence-corrected chi connectivity index (χ0v) is 12.6. The number of hydrogen-bond donors (Lipinski definition) is 1. The number of ether oxygens (including phenoxy) is 1. The molecule has 1 fully saturated rings. The van der Waals surface area contributed by atoms with Crippen molar-refractivity contribution in [3.05, 3.63) is 28.8 Å². The third kappa shape index (κ3) is 3.88. The highest BCUT2D eigenvalue weighted by molar-refractivity contribution is 6.30. The summed E-state index contributed by atoms with van der Waals surface area (Å²) in [6.45, 7) is 2.37. The Kier molecular flexibility index (Phi) is 5.07. The van der Waals surface area contributed by atoms with E-state index in [1.165, 1.54) is 18.2 Å². The summed E-state index contributed by atoms with van der Waals surface area (Å²) in [6.07, 6.45) is 3.06. The molecule has 1 aliphatic rings. The Balaban J connectivity index is 1.92. The van der Waals surface area contributed by atoms with Crippen LogP contribution in [0.4, 0.5) is 0 Å². The molecular formula is C15H18ClNO4. The van der Waals surface area contributed by atoms with E-state index in [2.05, 4.69) is 0 Å². The third-order valence-electron chi connectivity index (χ3n) is 3.63. The normalized spacial score (nSPS) is 18.4. The lowest BCUT2D eigenvalue weighted by Crippen LogP contribution is -2.44. The van der Waals surface area contributed by atoms with Gasteiger partial charge in [-0.2, -0.15) is 0 Å². The summed E-state index contributed by atoms with van der Waals surface area (Å²) in [6, 6.07) is 4.28. The van der Waals surface area contributed by atoms with E-state index >= 15 is 0 Å². The molecule has 0 aliphatic carbocycles. The summed E-state index contributed by atoms with van der Waals surface area (Å²) < 4.78 is 4.98. The molecule has 1 saturated heterocycles. The highest BCUT2D eigenvalue weighted by Gasteiger charge is 2.24. The third-order valence-corrected chi connectivity index (χ3v) is 3.86. The molecular weight excluding hydrogens is 294 g/mol. The van der Waals surface area contributed by atoms with Gasteiger partial charge in [0.25, 0.3) is 5.91 Å². The standard InChI is InChI=1S/C15H18ClNO4/c1-10-4-2-3-7-17(10)14(19)9-21-15(20)12-6-5-11(16)8-13(12)18/h5-6,8,10,18H,2-4,7,9H2,1H3/t10-/m1/s1. The lowest BCUT2D eigenvalue weighted by Gasteiger charge is -2.33. The minimum Gasteiger partial charge on any atom is -0.507 e. The number of nitrogens with zero attached hydrogens (tertiary/aromatic N) is 1. The van der Waals surface area contributed by atoms with Crippen molar-refractivity contribution >= 4 is 23.5 Å². The maximum absolute atomic E-state index is 12.0. The number of halogens is 1. The molecule has 0 spiro atoms. The van der Waals surface area contributed by atoms with Crippen LogP contribution < -0.4 is 0 Å². The maximum Gasteiger partial charge on any atom is 0.342 e. The predicted molar refractivity (Wildman–Crippen MR) is 78.4 cm³/mol. The molecule has 0 aromatic heterocycles. The van der Waals surface area contributed by atoms with Crippen molar-refractivity contribution in [2.45, 2.75) is 32.2 Å². The molecule has 0 saturated carbocycles. The van der Waals surface area contributed by atoms with Gasteiger partial charge in [0.2, 0.25) is 0 Å². The number of piperidine rings is 1. The number of carbonyl (C=O) groups excluding carboxylic acids is 2. The Morgan fingerprint density at radius 2 is 2.19 bits per heavy atom. The Labute approximate surface area is 128 Å². The van der Waals surface area contributed by atoms with Crippen LogP contribution in [0.2, 0.25) is 5.02 Å². The van der Waals surface area contributed by atoms with Crippen LogP contribution in [-0.2, 0) is 9.53 Å². The molecule has 1 aromatic rings. The Hall–Kier alpha value is -1.75. The highest BCUT2D eigenvalue weighted by atomic mass is 35.5. The number of rotatable bonds is 3. The number of phenolic OH excluding ortho intramolecular Hbond substituents is 1. The first-order chi connectivity index (χ1) is 9.99. The Bertz CT molecular complexity index is 546. The number of amides is 1. The molecule has 1 amide bonds. The van der Waals surface area contributed by atoms with E-state index in [9.17, 15) is 14.7 Å². The van der Waals surface area contributed by atoms with Crippen LogP contribution in [0.3, 0.4) is 0 Å². The molecule has 114 valence electrons. The molecule has 1 aromatic carbocycles. The van der Waals surface area contributed by atoms with E-state index in [1.54, 1.807) is 4.90 Å². The molecule has 0 bridgehead atoms. The van der Waals surface area contributed by atoms with Gasteiger partial charge in [0.15, 0.2) is 6.61 Å². The van der Waals surface area contributed by atoms with E-state index in [0.717, 1.165) is 19.3 Å². The summed E-state index contributed by atoms with van der Waals surface area (Å²) in [5.74, 6) is -1.20. The summed E-state index contributed by atoms with van der Waals surface area (Å²) in [4.78, 5) is 25.6. The first-order valence-corrected chi connectivity index (χ1v) is 7.32. The van der Waals surface area contributed by atoms with Crippen molar-refractivity contribution in [2.75, 3.05) is 13.2 Å². The number of likely N-dealkylation sites (tertiary alicyclic amines) is 1. The van der Waals surface area contributed by atoms with Crippen molar-refractivity contribution in [3.8, 4) is 5.75 Å². The van der Waals surface area contributed by atoms with Crippen LogP contribution in [-0.4, -0.2) is 41.1 Å². The quantitative estimate of drug-likeness (QED) is 0.871. The van der Waals surface area contributed by atoms with Crippen LogP contribution in [0.15, 0.2) is 18.2 Å². The lowest BCUT2D eigenvalue weighted by atomic mass is 10.0. The van der Waals surface area contributed by atoms with E-state index < -0.39 is 5.97 Å². The van der Waals surface area contributed by atoms with Crippen LogP contribution in [0, 0.1) is 0 Å². The van der Waals surface area contributed by atoms with Gasteiger partial charge in [0, 0.05) is 17.6 Å². The van der Waals surface area contributed by atoms with Gasteiger partial charge in [0.1, 0.15) is 11.3 Å². The van der Waals surface area contributed by atoms with Gasteiger partial charge in [0.05, 0.1) is 0 Å². The monoisotopic (exact) mass is 311 g/mol. The van der Waals surface area contributed by atoms with Crippen LogP contribution in [0.5, 0.6) is 5.75 Å². The minimum absolute atomic E-state index is 0.00103. The second kappa shape index (κ2) is 6.80. The van der Waals surface area contributed by atoms with Crippen LogP contribution >= 0.6 is 11.6 Å². The van der Waals surface area contributed by atoms with E-state index in [1.807, 2.05) is 6.92 Å². The van der Waals surface area contributed by atoms with E-state index in [0.29, 0.717) is 11.6 Å². The van der Waals surface area contributed by atoms with Gasteiger partial charge < -0.3 is 14.7 Å². The van der Waals surface area contributed by atoms with Gasteiger partial charge in [-0.05, 0) is 44.4 Å². The largest absolute Gasteiger partial charge is 0.507 e. The molecule has 6 heteroatoms. The molecule has 1 atom stereocenters. The van der Waals surface area contributed by atoms with Gasteiger partial charge in [-0.25, -0.2) is 4.79 Å². The second-order valence-electron chi connectivity index (χ2n) is 5.17. The average Bonchev–Trinajstić information content (AvgIpc) is 2.45. The molecule has 0 radical (unpaired) electrons. The summed E-state index contributed by atoms with van der Waals surface area (Å²) in [7, 11) is 0. The Morgan fingerprint density at radius 1 is 1.43 bits per heavy atom. The SMILES string of the molecule is C[C@@H]1CCCCN1C(=O)COC(=O)c1ccc(Cl)cc1O. The maximum atomic E-state index is 12.0. The fourth-order valence-electron chi connectivity index (χ4n) is 2.43. The minimum atomic E-state index is -0.734. The van der Waals surface area contributed by atoms with Crippen LogP contribution in [0.1, 0.15) is 36.5 Å². The van der Waals surface area contributed by atoms with Crippen molar-refractivity contribution in [3.63, 3.8) is 0 Å². The number of phenols is 1. The highest BCUT2D eigenvalue weighted by Crippen LogP contribution is 2.22. The molecule has 2 rings (SSSR count). The van der Waals surface area contributed by atoms with Gasteiger partial charge in [-0.15, -0.1) is 0 Å². The summed E-state index contributed by atoms with van der Waals surface area (Å²) in [5.41, 5.74) is -0.00103. The summed E-state index contributed by atoms with van der Waals surface area (Å²) >= 11 is 5.69. The number of benzene rings is 1. The fourth-order valence-corrected chi connectivity index (χ4v) is 2.60. The molecule has 21 heavy (non-hydrogen) atoms. The van der Waals surface area contributed by atoms with Crippen molar-refractivity contribution in [2.24, 2.45) is 0 Å². The van der Waals surface area contributed by atoms with Crippen molar-refractivity contribution < 1.29 is 19.4 Å². The van der Waals surface area contributed by atoms with Gasteiger partial charge >= 0.3 is 5.97 Å². The van der Waals surface area contributed by atoms with Crippen molar-refractivity contribution in [1.82, 2.24) is 4.90 Å². The smallest absolute Gasteiger partial charge is 0.342 e. The average molecular weight is 312 g/mol. The zero-order chi connectivity index (χ0) is 15.4. The lowest BCUT2D eigenvalue weighted by molar-refractivity contribution is -0.137. The Morgan fingerprint density at radius 3 is 2.86 bits per heavy atom. The molecule has 5 nitrogen and oxygen atoms in total. The first-order valence-electron chi connectivity index (χ1n) is 6.94. The molecule has 1 N–H and O–H groups in total. The zero-order valence-electron chi connectivity index (χ0n) is 11.8. The predicted octanol–water partition coefficient (Wildman–Crippen LogP) is 2.60. The van der Waals surface area contributed by atoms with Crippen molar-refractivity contribution in [1.29, 1.82) is 0 Å². The van der Waals surface area contributed by atoms with Gasteiger partial charge in [-0.1, -0.05) is 11.6 Å². The molecule has 0 unspecified atom stereocenters. The fraction of sp³-hybridized carbons (Fsp3) is 0.467. The number of carbonyl (C=O) groups is 2.